The molecule has 0 radical (unpaired) electrons. The first-order valence-corrected chi connectivity index (χ1v) is 9.31. The molecule has 0 aliphatic heterocycles. The lowest BCUT2D eigenvalue weighted by Crippen LogP contribution is -2.22. The molecule has 0 saturated heterocycles. The molecule has 0 bridgehead atoms. The molecule has 148 valence electrons. The fourth-order valence-corrected chi connectivity index (χ4v) is 3.14. The van der Waals surface area contributed by atoms with Crippen molar-refractivity contribution in [3.63, 3.8) is 0 Å². The Morgan fingerprint density at radius 1 is 0.724 bits per heavy atom. The second kappa shape index (κ2) is 9.66. The van der Waals surface area contributed by atoms with E-state index in [9.17, 15) is 9.59 Å². The van der Waals surface area contributed by atoms with Crippen molar-refractivity contribution in [3.8, 4) is 0 Å². The van der Waals surface area contributed by atoms with Crippen LogP contribution in [0, 0.1) is 0 Å². The summed E-state index contributed by atoms with van der Waals surface area (Å²) in [6.07, 6.45) is 0. The smallest absolute Gasteiger partial charge is 0.337 e. The standard InChI is InChI=1S/C24H23NO4/c1-29-24(28)22-13-9-20(10-14-22)17-25(15-18-5-3-2-4-6-18)16-19-7-11-21(12-8-19)23(26)27/h2-14H,15-17H2,1H3,(H,26,27). The highest BCUT2D eigenvalue weighted by molar-refractivity contribution is 5.89. The number of esters is 1. The first kappa shape index (κ1) is 20.3. The maximum absolute atomic E-state index is 11.6. The van der Waals surface area contributed by atoms with E-state index in [2.05, 4.69) is 17.0 Å². The molecule has 29 heavy (non-hydrogen) atoms. The van der Waals surface area contributed by atoms with Gasteiger partial charge in [-0.1, -0.05) is 54.6 Å². The van der Waals surface area contributed by atoms with E-state index in [0.717, 1.165) is 17.7 Å². The van der Waals surface area contributed by atoms with Gasteiger partial charge in [0.25, 0.3) is 0 Å². The molecule has 3 aromatic rings. The van der Waals surface area contributed by atoms with Crippen LogP contribution in [-0.4, -0.2) is 29.1 Å². The van der Waals surface area contributed by atoms with Crippen LogP contribution in [0.3, 0.4) is 0 Å². The van der Waals surface area contributed by atoms with Gasteiger partial charge in [-0.25, -0.2) is 9.59 Å². The Hall–Kier alpha value is -3.44. The van der Waals surface area contributed by atoms with Crippen molar-refractivity contribution in [2.24, 2.45) is 0 Å². The zero-order chi connectivity index (χ0) is 20.6. The molecule has 0 spiro atoms. The Morgan fingerprint density at radius 3 is 1.62 bits per heavy atom. The van der Waals surface area contributed by atoms with Crippen molar-refractivity contribution in [1.82, 2.24) is 4.90 Å². The third-order valence-corrected chi connectivity index (χ3v) is 4.64. The van der Waals surface area contributed by atoms with Crippen LogP contribution in [0.1, 0.15) is 37.4 Å². The van der Waals surface area contributed by atoms with Crippen LogP contribution in [0.15, 0.2) is 78.9 Å². The molecule has 0 aliphatic carbocycles. The second-order valence-electron chi connectivity index (χ2n) is 6.82. The zero-order valence-corrected chi connectivity index (χ0v) is 16.2. The number of hydrogen-bond donors (Lipinski definition) is 1. The Labute approximate surface area is 170 Å². The Morgan fingerprint density at radius 2 is 1.17 bits per heavy atom. The molecule has 0 fully saturated rings. The largest absolute Gasteiger partial charge is 0.478 e. The third kappa shape index (κ3) is 5.77. The number of carboxylic acid groups (broad SMARTS) is 1. The first-order chi connectivity index (χ1) is 14.0. The van der Waals surface area contributed by atoms with Gasteiger partial charge >= 0.3 is 11.9 Å². The minimum Gasteiger partial charge on any atom is -0.478 e. The average molecular weight is 389 g/mol. The molecule has 0 aliphatic rings. The maximum Gasteiger partial charge on any atom is 0.337 e. The van der Waals surface area contributed by atoms with Crippen molar-refractivity contribution >= 4 is 11.9 Å². The summed E-state index contributed by atoms with van der Waals surface area (Å²) in [5.74, 6) is -1.28. The van der Waals surface area contributed by atoms with Crippen LogP contribution < -0.4 is 0 Å². The molecule has 1 N–H and O–H groups in total. The van der Waals surface area contributed by atoms with Gasteiger partial charge in [-0.15, -0.1) is 0 Å². The number of hydrogen-bond acceptors (Lipinski definition) is 4. The first-order valence-electron chi connectivity index (χ1n) is 9.31. The van der Waals surface area contributed by atoms with Gasteiger partial charge in [0.2, 0.25) is 0 Å². The molecule has 5 heteroatoms. The molecule has 5 nitrogen and oxygen atoms in total. The van der Waals surface area contributed by atoms with Gasteiger partial charge < -0.3 is 9.84 Å². The summed E-state index contributed by atoms with van der Waals surface area (Å²) in [6, 6.07) is 24.5. The van der Waals surface area contributed by atoms with Crippen molar-refractivity contribution in [1.29, 1.82) is 0 Å². The minimum atomic E-state index is -0.927. The summed E-state index contributed by atoms with van der Waals surface area (Å²) < 4.78 is 4.75. The number of rotatable bonds is 8. The van der Waals surface area contributed by atoms with Gasteiger partial charge in [-0.05, 0) is 41.0 Å². The lowest BCUT2D eigenvalue weighted by atomic mass is 10.1. The van der Waals surface area contributed by atoms with E-state index >= 15 is 0 Å². The summed E-state index contributed by atoms with van der Waals surface area (Å²) in [6.45, 7) is 2.12. The predicted molar refractivity (Wildman–Crippen MR) is 111 cm³/mol. The van der Waals surface area contributed by atoms with Crippen LogP contribution in [0.25, 0.3) is 0 Å². The molecule has 3 rings (SSSR count). The number of carboxylic acids is 1. The van der Waals surface area contributed by atoms with E-state index in [1.54, 1.807) is 24.3 Å². The number of benzene rings is 3. The van der Waals surface area contributed by atoms with Crippen LogP contribution in [-0.2, 0) is 24.4 Å². The highest BCUT2D eigenvalue weighted by Crippen LogP contribution is 2.16. The molecule has 0 atom stereocenters. The Bertz CT molecular complexity index is 950. The van der Waals surface area contributed by atoms with Crippen LogP contribution in [0.4, 0.5) is 0 Å². The molecule has 0 saturated carbocycles. The topological polar surface area (TPSA) is 66.8 Å². The van der Waals surface area contributed by atoms with Gasteiger partial charge in [-0.3, -0.25) is 4.90 Å². The Balaban J connectivity index is 1.77. The molecular formula is C24H23NO4. The number of carbonyl (C=O) groups excluding carboxylic acids is 1. The number of methoxy groups -OCH3 is 1. The third-order valence-electron chi connectivity index (χ3n) is 4.64. The normalized spacial score (nSPS) is 10.7. The van der Waals surface area contributed by atoms with Gasteiger partial charge in [0.05, 0.1) is 18.2 Å². The molecular weight excluding hydrogens is 366 g/mol. The predicted octanol–water partition coefficient (Wildman–Crippen LogP) is 4.37. The summed E-state index contributed by atoms with van der Waals surface area (Å²) in [7, 11) is 1.37. The van der Waals surface area contributed by atoms with E-state index in [4.69, 9.17) is 9.84 Å². The molecule has 3 aromatic carbocycles. The monoisotopic (exact) mass is 389 g/mol. The van der Waals surface area contributed by atoms with Crippen molar-refractivity contribution in [3.05, 3.63) is 107 Å². The molecule has 0 unspecified atom stereocenters. The second-order valence-corrected chi connectivity index (χ2v) is 6.82. The van der Waals surface area contributed by atoms with Crippen LogP contribution >= 0.6 is 0 Å². The van der Waals surface area contributed by atoms with Gasteiger partial charge in [-0.2, -0.15) is 0 Å². The molecule has 0 amide bonds. The lowest BCUT2D eigenvalue weighted by molar-refractivity contribution is 0.0599. The zero-order valence-electron chi connectivity index (χ0n) is 16.2. The molecule has 0 aromatic heterocycles. The van der Waals surface area contributed by atoms with Gasteiger partial charge in [0.15, 0.2) is 0 Å². The highest BCUT2D eigenvalue weighted by atomic mass is 16.5. The fourth-order valence-electron chi connectivity index (χ4n) is 3.14. The van der Waals surface area contributed by atoms with Gasteiger partial charge in [0, 0.05) is 19.6 Å². The Kier molecular flexibility index (Phi) is 6.76. The average Bonchev–Trinajstić information content (AvgIpc) is 2.75. The van der Waals surface area contributed by atoms with Gasteiger partial charge in [0.1, 0.15) is 0 Å². The fraction of sp³-hybridized carbons (Fsp3) is 0.167. The van der Waals surface area contributed by atoms with Crippen molar-refractivity contribution < 1.29 is 19.4 Å². The number of ether oxygens (including phenoxy) is 1. The van der Waals surface area contributed by atoms with Crippen molar-refractivity contribution in [2.75, 3.05) is 7.11 Å². The van der Waals surface area contributed by atoms with Crippen molar-refractivity contribution in [2.45, 2.75) is 19.6 Å². The molecule has 0 heterocycles. The van der Waals surface area contributed by atoms with E-state index in [0.29, 0.717) is 18.7 Å². The van der Waals surface area contributed by atoms with Crippen LogP contribution in [0.2, 0.25) is 0 Å². The summed E-state index contributed by atoms with van der Waals surface area (Å²) >= 11 is 0. The lowest BCUT2D eigenvalue weighted by Gasteiger charge is -2.23. The summed E-state index contributed by atoms with van der Waals surface area (Å²) in [5.41, 5.74) is 4.12. The number of nitrogens with zero attached hydrogens (tertiary/aromatic N) is 1. The quantitative estimate of drug-likeness (QED) is 0.580. The van der Waals surface area contributed by atoms with E-state index in [1.807, 2.05) is 42.5 Å². The van der Waals surface area contributed by atoms with E-state index < -0.39 is 5.97 Å². The summed E-state index contributed by atoms with van der Waals surface area (Å²) in [5, 5.41) is 9.08. The van der Waals surface area contributed by atoms with Crippen LogP contribution in [0.5, 0.6) is 0 Å². The van der Waals surface area contributed by atoms with E-state index in [1.165, 1.54) is 12.7 Å². The summed E-state index contributed by atoms with van der Waals surface area (Å²) in [4.78, 5) is 25.0. The highest BCUT2D eigenvalue weighted by Gasteiger charge is 2.11. The van der Waals surface area contributed by atoms with E-state index in [-0.39, 0.29) is 11.5 Å². The SMILES string of the molecule is COC(=O)c1ccc(CN(Cc2ccccc2)Cc2ccc(C(=O)O)cc2)cc1. The number of carbonyl (C=O) groups is 2. The number of aromatic carboxylic acids is 1. The minimum absolute atomic E-state index is 0.279. The maximum atomic E-state index is 11.6.